The predicted octanol–water partition coefficient (Wildman–Crippen LogP) is 0.548. The molecule has 0 spiro atoms. The standard InChI is InChI=1S/C11H17FN4O2S/c12-10-7-14-4-3-11(10)15-19(17,18)16-5-1-2-9(6-13)8-16/h3-4,7,9H,1-2,5-6,8,13H2,(H,14,15). The SMILES string of the molecule is NCC1CCCN(S(=O)(=O)Nc2ccncc2F)C1. The molecule has 19 heavy (non-hydrogen) atoms. The van der Waals surface area contributed by atoms with Gasteiger partial charge in [-0.25, -0.2) is 4.39 Å². The van der Waals surface area contributed by atoms with Crippen LogP contribution in [-0.2, 0) is 10.2 Å². The first-order chi connectivity index (χ1) is 9.03. The number of rotatable bonds is 4. The number of hydrogen-bond acceptors (Lipinski definition) is 4. The highest BCUT2D eigenvalue weighted by atomic mass is 32.2. The molecule has 106 valence electrons. The summed E-state index contributed by atoms with van der Waals surface area (Å²) in [6.07, 6.45) is 3.99. The lowest BCUT2D eigenvalue weighted by Crippen LogP contribution is -2.44. The summed E-state index contributed by atoms with van der Waals surface area (Å²) in [5.41, 5.74) is 5.48. The van der Waals surface area contributed by atoms with Gasteiger partial charge in [0.1, 0.15) is 0 Å². The van der Waals surface area contributed by atoms with Crippen LogP contribution >= 0.6 is 0 Å². The Labute approximate surface area is 112 Å². The van der Waals surface area contributed by atoms with Gasteiger partial charge in [0.15, 0.2) is 5.82 Å². The molecule has 0 radical (unpaired) electrons. The normalized spacial score (nSPS) is 21.3. The number of anilines is 1. The van der Waals surface area contributed by atoms with Gasteiger partial charge in [0.25, 0.3) is 0 Å². The molecule has 3 N–H and O–H groups in total. The van der Waals surface area contributed by atoms with Gasteiger partial charge in [0.2, 0.25) is 0 Å². The first-order valence-corrected chi connectivity index (χ1v) is 7.54. The summed E-state index contributed by atoms with van der Waals surface area (Å²) in [5, 5.41) is 0. The van der Waals surface area contributed by atoms with Crippen molar-refractivity contribution in [2.24, 2.45) is 11.7 Å². The van der Waals surface area contributed by atoms with Gasteiger partial charge in [-0.3, -0.25) is 9.71 Å². The summed E-state index contributed by atoms with van der Waals surface area (Å²) in [7, 11) is -3.74. The minimum atomic E-state index is -3.74. The Morgan fingerprint density at radius 1 is 1.58 bits per heavy atom. The zero-order valence-electron chi connectivity index (χ0n) is 10.4. The predicted molar refractivity (Wildman–Crippen MR) is 70.1 cm³/mol. The number of aromatic nitrogens is 1. The summed E-state index contributed by atoms with van der Waals surface area (Å²) in [5.74, 6) is -0.536. The highest BCUT2D eigenvalue weighted by Crippen LogP contribution is 2.20. The maximum absolute atomic E-state index is 13.4. The van der Waals surface area contributed by atoms with Crippen molar-refractivity contribution in [3.05, 3.63) is 24.3 Å². The van der Waals surface area contributed by atoms with E-state index in [1.54, 1.807) is 0 Å². The van der Waals surface area contributed by atoms with Gasteiger partial charge >= 0.3 is 10.2 Å². The zero-order valence-corrected chi connectivity index (χ0v) is 11.2. The Balaban J connectivity index is 2.12. The molecule has 0 bridgehead atoms. The number of nitrogens with two attached hydrogens (primary N) is 1. The number of hydrogen-bond donors (Lipinski definition) is 2. The van der Waals surface area contributed by atoms with Gasteiger partial charge < -0.3 is 5.73 Å². The maximum Gasteiger partial charge on any atom is 0.301 e. The Bertz CT molecular complexity index is 537. The van der Waals surface area contributed by atoms with Crippen LogP contribution in [0.5, 0.6) is 0 Å². The molecule has 0 amide bonds. The third-order valence-electron chi connectivity index (χ3n) is 3.17. The van der Waals surface area contributed by atoms with Crippen LogP contribution in [0.15, 0.2) is 18.5 Å². The molecule has 8 heteroatoms. The van der Waals surface area contributed by atoms with E-state index in [0.717, 1.165) is 19.0 Å². The number of halogens is 1. The minimum absolute atomic E-state index is 0.0927. The fraction of sp³-hybridized carbons (Fsp3) is 0.545. The number of pyridine rings is 1. The van der Waals surface area contributed by atoms with Crippen LogP contribution < -0.4 is 10.5 Å². The van der Waals surface area contributed by atoms with E-state index in [0.29, 0.717) is 19.6 Å². The molecule has 1 atom stereocenters. The van der Waals surface area contributed by atoms with Gasteiger partial charge in [-0.2, -0.15) is 12.7 Å². The molecular weight excluding hydrogens is 271 g/mol. The molecule has 1 unspecified atom stereocenters. The minimum Gasteiger partial charge on any atom is -0.330 e. The van der Waals surface area contributed by atoms with Crippen LogP contribution in [0.3, 0.4) is 0 Å². The van der Waals surface area contributed by atoms with Crippen molar-refractivity contribution in [1.82, 2.24) is 9.29 Å². The Morgan fingerprint density at radius 3 is 3.05 bits per heavy atom. The van der Waals surface area contributed by atoms with E-state index in [4.69, 9.17) is 5.73 Å². The molecule has 1 aromatic heterocycles. The summed E-state index contributed by atoms with van der Waals surface area (Å²) in [6, 6.07) is 1.29. The topological polar surface area (TPSA) is 88.3 Å². The van der Waals surface area contributed by atoms with Crippen molar-refractivity contribution < 1.29 is 12.8 Å². The van der Waals surface area contributed by atoms with Crippen molar-refractivity contribution >= 4 is 15.9 Å². The van der Waals surface area contributed by atoms with E-state index < -0.39 is 16.0 Å². The Kier molecular flexibility index (Phi) is 4.33. The maximum atomic E-state index is 13.4. The molecule has 0 aliphatic carbocycles. The molecule has 1 aromatic rings. The summed E-state index contributed by atoms with van der Waals surface area (Å²) in [4.78, 5) is 3.57. The summed E-state index contributed by atoms with van der Waals surface area (Å²) in [6.45, 7) is 1.26. The number of piperidine rings is 1. The van der Waals surface area contributed by atoms with E-state index in [1.165, 1.54) is 16.6 Å². The Morgan fingerprint density at radius 2 is 2.37 bits per heavy atom. The lowest BCUT2D eigenvalue weighted by molar-refractivity contribution is 0.273. The van der Waals surface area contributed by atoms with Crippen molar-refractivity contribution in [3.8, 4) is 0 Å². The van der Waals surface area contributed by atoms with E-state index in [2.05, 4.69) is 9.71 Å². The van der Waals surface area contributed by atoms with Crippen molar-refractivity contribution in [1.29, 1.82) is 0 Å². The van der Waals surface area contributed by atoms with Gasteiger partial charge in [0, 0.05) is 19.3 Å². The third kappa shape index (κ3) is 3.40. The van der Waals surface area contributed by atoms with Crippen LogP contribution in [0.4, 0.5) is 10.1 Å². The molecule has 1 aliphatic heterocycles. The van der Waals surface area contributed by atoms with Crippen LogP contribution in [-0.4, -0.2) is 37.3 Å². The summed E-state index contributed by atoms with van der Waals surface area (Å²) >= 11 is 0. The Hall–Kier alpha value is -1.25. The molecular formula is C11H17FN4O2S. The lowest BCUT2D eigenvalue weighted by atomic mass is 10.0. The molecule has 0 saturated carbocycles. The lowest BCUT2D eigenvalue weighted by Gasteiger charge is -2.31. The zero-order chi connectivity index (χ0) is 13.9. The molecule has 6 nitrogen and oxygen atoms in total. The molecule has 2 rings (SSSR count). The fourth-order valence-corrected chi connectivity index (χ4v) is 3.45. The van der Waals surface area contributed by atoms with Crippen molar-refractivity contribution in [3.63, 3.8) is 0 Å². The van der Waals surface area contributed by atoms with Crippen LogP contribution in [0.2, 0.25) is 0 Å². The molecule has 2 heterocycles. The molecule has 0 aromatic carbocycles. The molecule has 1 saturated heterocycles. The van der Waals surface area contributed by atoms with E-state index in [-0.39, 0.29) is 11.6 Å². The molecule has 1 aliphatic rings. The van der Waals surface area contributed by atoms with E-state index in [1.807, 2.05) is 0 Å². The average Bonchev–Trinajstić information content (AvgIpc) is 2.41. The molecule has 1 fully saturated rings. The largest absolute Gasteiger partial charge is 0.330 e. The highest BCUT2D eigenvalue weighted by molar-refractivity contribution is 7.90. The quantitative estimate of drug-likeness (QED) is 0.846. The van der Waals surface area contributed by atoms with Gasteiger partial charge in [0.05, 0.1) is 11.9 Å². The number of nitrogens with one attached hydrogen (secondary N) is 1. The second-order valence-corrected chi connectivity index (χ2v) is 6.24. The van der Waals surface area contributed by atoms with Crippen LogP contribution in [0.25, 0.3) is 0 Å². The second-order valence-electron chi connectivity index (χ2n) is 4.56. The van der Waals surface area contributed by atoms with Crippen LogP contribution in [0.1, 0.15) is 12.8 Å². The van der Waals surface area contributed by atoms with E-state index >= 15 is 0 Å². The fourth-order valence-electron chi connectivity index (χ4n) is 2.10. The van der Waals surface area contributed by atoms with Gasteiger partial charge in [-0.15, -0.1) is 0 Å². The van der Waals surface area contributed by atoms with Crippen molar-refractivity contribution in [2.45, 2.75) is 12.8 Å². The monoisotopic (exact) mass is 288 g/mol. The van der Waals surface area contributed by atoms with Gasteiger partial charge in [-0.1, -0.05) is 0 Å². The first-order valence-electron chi connectivity index (χ1n) is 6.10. The van der Waals surface area contributed by atoms with Gasteiger partial charge in [-0.05, 0) is 31.4 Å². The third-order valence-corrected chi connectivity index (χ3v) is 4.66. The number of nitrogens with zero attached hydrogens (tertiary/aromatic N) is 2. The van der Waals surface area contributed by atoms with E-state index in [9.17, 15) is 12.8 Å². The average molecular weight is 288 g/mol. The smallest absolute Gasteiger partial charge is 0.301 e. The van der Waals surface area contributed by atoms with Crippen LogP contribution in [0, 0.1) is 11.7 Å². The summed E-state index contributed by atoms with van der Waals surface area (Å²) < 4.78 is 41.3. The second kappa shape index (κ2) is 5.81. The first kappa shape index (κ1) is 14.2. The highest BCUT2D eigenvalue weighted by Gasteiger charge is 2.28. The van der Waals surface area contributed by atoms with Crippen molar-refractivity contribution in [2.75, 3.05) is 24.4 Å².